The van der Waals surface area contributed by atoms with Gasteiger partial charge in [-0.15, -0.1) is 13.2 Å². The van der Waals surface area contributed by atoms with Gasteiger partial charge in [0.2, 0.25) is 15.9 Å². The molecule has 4 rings (SSSR count). The molecule has 3 fully saturated rings. The molecule has 0 N–H and O–H groups in total. The first-order valence-electron chi connectivity index (χ1n) is 11.3. The van der Waals surface area contributed by atoms with E-state index in [1.54, 1.807) is 0 Å². The van der Waals surface area contributed by atoms with Gasteiger partial charge in [0, 0.05) is 38.2 Å². The molecule has 0 spiro atoms. The van der Waals surface area contributed by atoms with Crippen LogP contribution in [0.25, 0.3) is 0 Å². The SMILES string of the molecule is O=C(C1CCN(S(=O)(=O)c2cccc(OC(F)(F)F)c2)CC1)N1CCC2CCCCC2C1. The maximum atomic E-state index is 13.1. The molecule has 2 unspecified atom stereocenters. The van der Waals surface area contributed by atoms with Crippen molar-refractivity contribution in [1.29, 1.82) is 0 Å². The van der Waals surface area contributed by atoms with E-state index in [-0.39, 0.29) is 29.8 Å². The summed E-state index contributed by atoms with van der Waals surface area (Å²) in [5, 5.41) is 0. The van der Waals surface area contributed by atoms with Gasteiger partial charge >= 0.3 is 6.36 Å². The lowest BCUT2D eigenvalue weighted by Crippen LogP contribution is -2.49. The third-order valence-corrected chi connectivity index (χ3v) is 8.98. The van der Waals surface area contributed by atoms with E-state index < -0.39 is 22.1 Å². The Morgan fingerprint density at radius 2 is 1.66 bits per heavy atom. The second-order valence-corrected chi connectivity index (χ2v) is 11.0. The van der Waals surface area contributed by atoms with Crippen LogP contribution < -0.4 is 4.74 Å². The Kier molecular flexibility index (Phi) is 6.72. The van der Waals surface area contributed by atoms with Crippen LogP contribution in [0.2, 0.25) is 0 Å². The van der Waals surface area contributed by atoms with Crippen LogP contribution in [0.15, 0.2) is 29.2 Å². The summed E-state index contributed by atoms with van der Waals surface area (Å²) in [6, 6.07) is 4.42. The Hall–Kier alpha value is -1.81. The molecule has 1 aromatic carbocycles. The quantitative estimate of drug-likeness (QED) is 0.661. The molecule has 3 aliphatic rings. The van der Waals surface area contributed by atoms with Crippen LogP contribution in [0.4, 0.5) is 13.2 Å². The fourth-order valence-electron chi connectivity index (χ4n) is 5.38. The van der Waals surface area contributed by atoms with Gasteiger partial charge in [0.25, 0.3) is 0 Å². The Morgan fingerprint density at radius 3 is 2.34 bits per heavy atom. The maximum Gasteiger partial charge on any atom is 0.573 e. The first kappa shape index (κ1) is 23.4. The number of hydrogen-bond acceptors (Lipinski definition) is 4. The largest absolute Gasteiger partial charge is 0.573 e. The lowest BCUT2D eigenvalue weighted by atomic mass is 9.75. The number of piperidine rings is 2. The molecule has 0 bridgehead atoms. The summed E-state index contributed by atoms with van der Waals surface area (Å²) in [5.74, 6) is 0.660. The summed E-state index contributed by atoms with van der Waals surface area (Å²) >= 11 is 0. The van der Waals surface area contributed by atoms with Gasteiger partial charge in [0.1, 0.15) is 5.75 Å². The molecule has 1 saturated carbocycles. The molecule has 0 radical (unpaired) electrons. The monoisotopic (exact) mass is 474 g/mol. The van der Waals surface area contributed by atoms with Crippen molar-refractivity contribution in [1.82, 2.24) is 9.21 Å². The Morgan fingerprint density at radius 1 is 0.969 bits per heavy atom. The van der Waals surface area contributed by atoms with Crippen molar-refractivity contribution in [3.8, 4) is 5.75 Å². The normalized spacial score (nSPS) is 25.9. The Balaban J connectivity index is 1.36. The average molecular weight is 475 g/mol. The number of likely N-dealkylation sites (tertiary alicyclic amines) is 1. The first-order valence-corrected chi connectivity index (χ1v) is 12.7. The number of sulfonamides is 1. The molecule has 2 heterocycles. The molecular formula is C22H29F3N2O4S. The Labute approximate surface area is 186 Å². The molecule has 2 aliphatic heterocycles. The molecule has 6 nitrogen and oxygen atoms in total. The number of carbonyl (C=O) groups excluding carboxylic acids is 1. The molecular weight excluding hydrogens is 445 g/mol. The molecule has 178 valence electrons. The predicted octanol–water partition coefficient (Wildman–Crippen LogP) is 4.02. The van der Waals surface area contributed by atoms with Crippen molar-refractivity contribution in [3.63, 3.8) is 0 Å². The van der Waals surface area contributed by atoms with Crippen LogP contribution in [-0.2, 0) is 14.8 Å². The molecule has 2 saturated heterocycles. The molecule has 0 aromatic heterocycles. The smallest absolute Gasteiger partial charge is 0.406 e. The first-order chi connectivity index (χ1) is 15.1. The van der Waals surface area contributed by atoms with Crippen molar-refractivity contribution in [2.24, 2.45) is 17.8 Å². The number of hydrogen-bond donors (Lipinski definition) is 0. The number of alkyl halides is 3. The zero-order valence-corrected chi connectivity index (χ0v) is 18.7. The minimum Gasteiger partial charge on any atom is -0.406 e. The van der Waals surface area contributed by atoms with E-state index in [1.165, 1.54) is 42.1 Å². The minimum atomic E-state index is -4.90. The van der Waals surface area contributed by atoms with Crippen LogP contribution >= 0.6 is 0 Å². The molecule has 10 heteroatoms. The number of nitrogens with zero attached hydrogens (tertiary/aromatic N) is 2. The number of amides is 1. The molecule has 1 amide bonds. The lowest BCUT2D eigenvalue weighted by molar-refractivity contribution is -0.274. The van der Waals surface area contributed by atoms with E-state index in [2.05, 4.69) is 4.74 Å². The maximum absolute atomic E-state index is 13.1. The van der Waals surface area contributed by atoms with Gasteiger partial charge in [-0.25, -0.2) is 8.42 Å². The van der Waals surface area contributed by atoms with Gasteiger partial charge in [-0.3, -0.25) is 4.79 Å². The van der Waals surface area contributed by atoms with Crippen molar-refractivity contribution in [2.75, 3.05) is 26.2 Å². The van der Waals surface area contributed by atoms with Gasteiger partial charge in [0.15, 0.2) is 0 Å². The van der Waals surface area contributed by atoms with Crippen molar-refractivity contribution >= 4 is 15.9 Å². The summed E-state index contributed by atoms with van der Waals surface area (Å²) in [4.78, 5) is 14.8. The van der Waals surface area contributed by atoms with Crippen LogP contribution in [-0.4, -0.2) is 56.1 Å². The topological polar surface area (TPSA) is 66.9 Å². The molecule has 2 atom stereocenters. The van der Waals surface area contributed by atoms with Crippen molar-refractivity contribution in [2.45, 2.75) is 56.2 Å². The summed E-state index contributed by atoms with van der Waals surface area (Å²) in [6.45, 7) is 1.94. The van der Waals surface area contributed by atoms with Gasteiger partial charge in [0.05, 0.1) is 4.90 Å². The Bertz CT molecular complexity index is 929. The van der Waals surface area contributed by atoms with Gasteiger partial charge in [-0.05, 0) is 49.7 Å². The van der Waals surface area contributed by atoms with Gasteiger partial charge in [-0.2, -0.15) is 4.31 Å². The van der Waals surface area contributed by atoms with Crippen molar-refractivity contribution in [3.05, 3.63) is 24.3 Å². The predicted molar refractivity (Wildman–Crippen MR) is 111 cm³/mol. The average Bonchev–Trinajstić information content (AvgIpc) is 2.77. The van der Waals surface area contributed by atoms with E-state index in [0.29, 0.717) is 18.8 Å². The van der Waals surface area contributed by atoms with Crippen LogP contribution in [0, 0.1) is 17.8 Å². The highest BCUT2D eigenvalue weighted by Gasteiger charge is 2.38. The van der Waals surface area contributed by atoms with Crippen LogP contribution in [0.1, 0.15) is 44.9 Å². The summed E-state index contributed by atoms with van der Waals surface area (Å²) in [5.41, 5.74) is 0. The number of benzene rings is 1. The zero-order valence-electron chi connectivity index (χ0n) is 17.9. The highest BCUT2D eigenvalue weighted by Crippen LogP contribution is 2.37. The number of carbonyl (C=O) groups is 1. The van der Waals surface area contributed by atoms with Gasteiger partial charge in [-0.1, -0.05) is 25.3 Å². The number of rotatable bonds is 4. The molecule has 1 aromatic rings. The van der Waals surface area contributed by atoms with E-state index in [9.17, 15) is 26.4 Å². The number of halogens is 3. The summed E-state index contributed by atoms with van der Waals surface area (Å²) in [6.07, 6.45) is 1.96. The molecule has 32 heavy (non-hydrogen) atoms. The third-order valence-electron chi connectivity index (χ3n) is 7.08. The third kappa shape index (κ3) is 5.22. The second-order valence-electron chi connectivity index (χ2n) is 9.08. The summed E-state index contributed by atoms with van der Waals surface area (Å²) in [7, 11) is -3.97. The zero-order chi connectivity index (χ0) is 22.9. The number of fused-ring (bicyclic) bond motifs is 1. The fourth-order valence-corrected chi connectivity index (χ4v) is 6.89. The molecule has 1 aliphatic carbocycles. The lowest BCUT2D eigenvalue weighted by Gasteiger charge is -2.43. The van der Waals surface area contributed by atoms with Gasteiger partial charge < -0.3 is 9.64 Å². The summed E-state index contributed by atoms with van der Waals surface area (Å²) < 4.78 is 68.4. The van der Waals surface area contributed by atoms with Crippen LogP contribution in [0.3, 0.4) is 0 Å². The van der Waals surface area contributed by atoms with E-state index in [4.69, 9.17) is 0 Å². The highest BCUT2D eigenvalue weighted by atomic mass is 32.2. The standard InChI is InChI=1S/C22H29F3N2O4S/c23-22(24,25)31-19-6-3-7-20(14-19)32(29,30)27-12-9-17(10-13-27)21(28)26-11-8-16-4-1-2-5-18(16)15-26/h3,6-7,14,16-18H,1-2,4-5,8-13,15H2. The van der Waals surface area contributed by atoms with E-state index in [0.717, 1.165) is 37.6 Å². The second kappa shape index (κ2) is 9.21. The van der Waals surface area contributed by atoms with E-state index in [1.807, 2.05) is 4.90 Å². The van der Waals surface area contributed by atoms with E-state index >= 15 is 0 Å². The fraction of sp³-hybridized carbons (Fsp3) is 0.682. The minimum absolute atomic E-state index is 0.117. The number of ether oxygens (including phenoxy) is 1. The van der Waals surface area contributed by atoms with Crippen LogP contribution in [0.5, 0.6) is 5.75 Å². The highest BCUT2D eigenvalue weighted by molar-refractivity contribution is 7.89. The van der Waals surface area contributed by atoms with Crippen molar-refractivity contribution < 1.29 is 31.1 Å².